The number of unbranched alkanes of at least 4 members (excludes halogenated alkanes) is 2. The van der Waals surface area contributed by atoms with Crippen LogP contribution in [0.2, 0.25) is 0 Å². The Bertz CT molecular complexity index is 638. The van der Waals surface area contributed by atoms with Crippen molar-refractivity contribution in [2.45, 2.75) is 26.2 Å². The van der Waals surface area contributed by atoms with Crippen LogP contribution in [-0.4, -0.2) is 28.6 Å². The molecule has 0 amide bonds. The highest BCUT2D eigenvalue weighted by Crippen LogP contribution is 2.11. The van der Waals surface area contributed by atoms with E-state index in [1.54, 1.807) is 12.1 Å². The van der Waals surface area contributed by atoms with Crippen LogP contribution in [0.1, 0.15) is 36.7 Å². The molecule has 0 saturated carbocycles. The topological polar surface area (TPSA) is 112 Å². The lowest BCUT2D eigenvalue weighted by Gasteiger charge is -2.00. The van der Waals surface area contributed by atoms with Gasteiger partial charge in [-0.15, -0.1) is 24.8 Å². The van der Waals surface area contributed by atoms with E-state index in [0.717, 1.165) is 18.4 Å². The number of carboxylic acids is 1. The van der Waals surface area contributed by atoms with E-state index in [2.05, 4.69) is 17.2 Å². The molecule has 8 heteroatoms. The molecule has 0 aliphatic heterocycles. The maximum Gasteiger partial charge on any atom is 0.354 e. The van der Waals surface area contributed by atoms with Crippen molar-refractivity contribution in [1.82, 2.24) is 10.3 Å². The van der Waals surface area contributed by atoms with Crippen molar-refractivity contribution in [3.05, 3.63) is 42.1 Å². The van der Waals surface area contributed by atoms with Crippen molar-refractivity contribution in [1.29, 1.82) is 5.41 Å². The summed E-state index contributed by atoms with van der Waals surface area (Å²) in [6, 6.07) is 10.7. The first kappa shape index (κ1) is 24.2. The van der Waals surface area contributed by atoms with Crippen LogP contribution < -0.4 is 11.1 Å². The van der Waals surface area contributed by atoms with E-state index >= 15 is 0 Å². The highest BCUT2D eigenvalue weighted by molar-refractivity contribution is 5.89. The maximum atomic E-state index is 10.6. The van der Waals surface area contributed by atoms with Gasteiger partial charge in [0, 0.05) is 11.9 Å². The predicted octanol–water partition coefficient (Wildman–Crippen LogP) is 3.44. The van der Waals surface area contributed by atoms with Crippen LogP contribution in [0, 0.1) is 5.41 Å². The minimum absolute atomic E-state index is 0. The summed E-state index contributed by atoms with van der Waals surface area (Å²) in [5.41, 5.74) is 5.84. The largest absolute Gasteiger partial charge is 0.477 e. The second kappa shape index (κ2) is 13.4. The molecule has 0 atom stereocenters. The van der Waals surface area contributed by atoms with Crippen LogP contribution in [0.3, 0.4) is 0 Å². The Kier molecular flexibility index (Phi) is 13.5. The van der Waals surface area contributed by atoms with Gasteiger partial charge in [0.15, 0.2) is 5.96 Å². The number of carbonyl (C=O) groups is 1. The van der Waals surface area contributed by atoms with Crippen LogP contribution in [0.15, 0.2) is 36.4 Å². The molecule has 0 spiro atoms. The van der Waals surface area contributed by atoms with Crippen molar-refractivity contribution in [2.75, 3.05) is 6.54 Å². The molecule has 0 aliphatic rings. The number of aromatic nitrogens is 1. The van der Waals surface area contributed by atoms with Crippen LogP contribution in [-0.2, 0) is 0 Å². The van der Waals surface area contributed by atoms with Gasteiger partial charge in [0.25, 0.3) is 0 Å². The summed E-state index contributed by atoms with van der Waals surface area (Å²) in [4.78, 5) is 14.6. The maximum absolute atomic E-state index is 10.6. The number of nitrogens with one attached hydrogen (secondary N) is 2. The smallest absolute Gasteiger partial charge is 0.354 e. The minimum Gasteiger partial charge on any atom is -0.477 e. The van der Waals surface area contributed by atoms with Gasteiger partial charge in [0.2, 0.25) is 0 Å². The van der Waals surface area contributed by atoms with E-state index in [1.807, 2.05) is 18.2 Å². The van der Waals surface area contributed by atoms with E-state index in [-0.39, 0.29) is 36.5 Å². The second-order valence-corrected chi connectivity index (χ2v) is 4.74. The number of hydrogen-bond acceptors (Lipinski definition) is 3. The van der Waals surface area contributed by atoms with E-state index in [9.17, 15) is 4.79 Å². The SMILES string of the molecule is CCCCCNC(=N)N.Cl.Cl.O=C(O)c1ccc2ccccc2n1. The van der Waals surface area contributed by atoms with Gasteiger partial charge < -0.3 is 16.2 Å². The van der Waals surface area contributed by atoms with Crippen molar-refractivity contribution in [2.24, 2.45) is 5.73 Å². The van der Waals surface area contributed by atoms with E-state index in [1.165, 1.54) is 18.9 Å². The predicted molar refractivity (Wildman–Crippen MR) is 103 cm³/mol. The molecule has 1 aromatic heterocycles. The fourth-order valence-corrected chi connectivity index (χ4v) is 1.78. The Balaban J connectivity index is 0. The van der Waals surface area contributed by atoms with Crippen molar-refractivity contribution >= 4 is 47.6 Å². The van der Waals surface area contributed by atoms with Crippen molar-refractivity contribution in [3.63, 3.8) is 0 Å². The summed E-state index contributed by atoms with van der Waals surface area (Å²) in [6.45, 7) is 2.98. The molecular weight excluding hydrogens is 351 g/mol. The minimum atomic E-state index is -0.995. The molecule has 0 aliphatic carbocycles. The van der Waals surface area contributed by atoms with Crippen LogP contribution >= 0.6 is 24.8 Å². The third kappa shape index (κ3) is 9.17. The quantitative estimate of drug-likeness (QED) is 0.363. The summed E-state index contributed by atoms with van der Waals surface area (Å²) in [7, 11) is 0. The number of hydrogen-bond donors (Lipinski definition) is 4. The molecule has 1 heterocycles. The molecule has 2 aromatic rings. The normalized spacial score (nSPS) is 8.88. The summed E-state index contributed by atoms with van der Waals surface area (Å²) >= 11 is 0. The molecule has 24 heavy (non-hydrogen) atoms. The monoisotopic (exact) mass is 374 g/mol. The third-order valence-electron chi connectivity index (χ3n) is 2.91. The number of aromatic carboxylic acids is 1. The number of benzene rings is 1. The summed E-state index contributed by atoms with van der Waals surface area (Å²) in [5.74, 6) is -0.920. The molecule has 0 saturated heterocycles. The first-order valence-electron chi connectivity index (χ1n) is 7.21. The number of fused-ring (bicyclic) bond motifs is 1. The molecule has 0 radical (unpaired) electrons. The number of rotatable bonds is 5. The van der Waals surface area contributed by atoms with Crippen LogP contribution in [0.5, 0.6) is 0 Å². The van der Waals surface area contributed by atoms with Gasteiger partial charge in [0.05, 0.1) is 5.52 Å². The molecule has 134 valence electrons. The molecule has 0 bridgehead atoms. The third-order valence-corrected chi connectivity index (χ3v) is 2.91. The fourth-order valence-electron chi connectivity index (χ4n) is 1.78. The van der Waals surface area contributed by atoms with Gasteiger partial charge >= 0.3 is 5.97 Å². The zero-order chi connectivity index (χ0) is 16.4. The number of pyridine rings is 1. The van der Waals surface area contributed by atoms with Crippen molar-refractivity contribution < 1.29 is 9.90 Å². The summed E-state index contributed by atoms with van der Waals surface area (Å²) < 4.78 is 0. The molecule has 2 rings (SSSR count). The number of halogens is 2. The highest BCUT2D eigenvalue weighted by atomic mass is 35.5. The van der Waals surface area contributed by atoms with Crippen molar-refractivity contribution in [3.8, 4) is 0 Å². The van der Waals surface area contributed by atoms with Gasteiger partial charge in [-0.1, -0.05) is 44.0 Å². The number of nitrogens with zero attached hydrogens (tertiary/aromatic N) is 1. The Morgan fingerprint density at radius 1 is 1.21 bits per heavy atom. The lowest BCUT2D eigenvalue weighted by atomic mass is 10.2. The molecule has 0 fully saturated rings. The second-order valence-electron chi connectivity index (χ2n) is 4.74. The van der Waals surface area contributed by atoms with E-state index < -0.39 is 5.97 Å². The van der Waals surface area contributed by atoms with Gasteiger partial charge in [-0.05, 0) is 18.6 Å². The lowest BCUT2D eigenvalue weighted by Crippen LogP contribution is -2.30. The van der Waals surface area contributed by atoms with Crippen LogP contribution in [0.25, 0.3) is 10.9 Å². The Morgan fingerprint density at radius 3 is 2.46 bits per heavy atom. The van der Waals surface area contributed by atoms with Crippen LogP contribution in [0.4, 0.5) is 0 Å². The van der Waals surface area contributed by atoms with E-state index in [0.29, 0.717) is 5.52 Å². The number of para-hydroxylation sites is 1. The highest BCUT2D eigenvalue weighted by Gasteiger charge is 2.03. The van der Waals surface area contributed by atoms with Gasteiger partial charge in [-0.2, -0.15) is 0 Å². The standard InChI is InChI=1S/C10H7NO2.C6H15N3.2ClH/c12-10(13)9-6-5-7-3-1-2-4-8(7)11-9;1-2-3-4-5-9-6(7)8;;/h1-6H,(H,12,13);2-5H2,1H3,(H4,7,8,9);2*1H. The van der Waals surface area contributed by atoms with Gasteiger partial charge in [-0.25, -0.2) is 9.78 Å². The first-order valence-corrected chi connectivity index (χ1v) is 7.21. The zero-order valence-electron chi connectivity index (χ0n) is 13.5. The number of nitrogens with two attached hydrogens (primary N) is 1. The summed E-state index contributed by atoms with van der Waals surface area (Å²) in [5, 5.41) is 19.2. The zero-order valence-corrected chi connectivity index (χ0v) is 15.1. The van der Waals surface area contributed by atoms with E-state index in [4.69, 9.17) is 16.2 Å². The molecule has 5 N–H and O–H groups in total. The number of guanidine groups is 1. The lowest BCUT2D eigenvalue weighted by molar-refractivity contribution is 0.0691. The first-order chi connectivity index (χ1) is 10.5. The number of carboxylic acid groups (broad SMARTS) is 1. The average molecular weight is 375 g/mol. The average Bonchev–Trinajstić information content (AvgIpc) is 2.51. The molecular formula is C16H24Cl2N4O2. The Hall–Kier alpha value is -2.05. The fraction of sp³-hybridized carbons (Fsp3) is 0.312. The molecule has 0 unspecified atom stereocenters. The Morgan fingerprint density at radius 2 is 1.88 bits per heavy atom. The molecule has 1 aromatic carbocycles. The Labute approximate surface area is 154 Å². The molecule has 6 nitrogen and oxygen atoms in total. The van der Waals surface area contributed by atoms with Gasteiger partial charge in [-0.3, -0.25) is 5.41 Å². The van der Waals surface area contributed by atoms with Gasteiger partial charge in [0.1, 0.15) is 5.69 Å². The summed E-state index contributed by atoms with van der Waals surface area (Å²) in [6.07, 6.45) is 3.52.